The summed E-state index contributed by atoms with van der Waals surface area (Å²) in [4.78, 5) is 27.4. The second-order valence-electron chi connectivity index (χ2n) is 6.92. The molecule has 3 heterocycles. The van der Waals surface area contributed by atoms with Crippen molar-refractivity contribution in [2.75, 3.05) is 24.7 Å². The summed E-state index contributed by atoms with van der Waals surface area (Å²) in [5.74, 6) is 0.252. The maximum atomic E-state index is 13.2. The third-order valence-electron chi connectivity index (χ3n) is 4.90. The highest BCUT2D eigenvalue weighted by Gasteiger charge is 2.32. The number of aryl methyl sites for hydroxylation is 1. The standard InChI is InChI=1S/C20H19F3N6O3/c1-3-32-27-17(24)12-5-7-15(29-8-9-31-19(29)30)16(25-12)18-26-13-10-11(20(21,22)23)4-6-14(13)28(18)2/h4-7,10H,3,8-9H2,1-2H3,(H2,24,27). The molecular formula is C20H19F3N6O3. The van der Waals surface area contributed by atoms with Crippen LogP contribution in [-0.4, -0.2) is 46.2 Å². The number of oxime groups is 1. The molecule has 9 nitrogen and oxygen atoms in total. The monoisotopic (exact) mass is 448 g/mol. The number of anilines is 1. The molecule has 3 aromatic rings. The first-order valence-electron chi connectivity index (χ1n) is 9.66. The average Bonchev–Trinajstić information content (AvgIpc) is 3.33. The summed E-state index contributed by atoms with van der Waals surface area (Å²) in [6, 6.07) is 6.47. The normalized spacial score (nSPS) is 14.8. The Balaban J connectivity index is 1.91. The van der Waals surface area contributed by atoms with E-state index in [1.54, 1.807) is 30.7 Å². The fourth-order valence-corrected chi connectivity index (χ4v) is 3.36. The van der Waals surface area contributed by atoms with Gasteiger partial charge in [0.1, 0.15) is 24.6 Å². The van der Waals surface area contributed by atoms with Crippen LogP contribution in [0.25, 0.3) is 22.6 Å². The molecule has 0 bridgehead atoms. The van der Waals surface area contributed by atoms with Gasteiger partial charge in [0, 0.05) is 7.05 Å². The molecule has 2 N–H and O–H groups in total. The number of pyridine rings is 1. The van der Waals surface area contributed by atoms with E-state index in [9.17, 15) is 18.0 Å². The number of nitrogens with two attached hydrogens (primary N) is 1. The van der Waals surface area contributed by atoms with E-state index in [1.807, 2.05) is 0 Å². The third kappa shape index (κ3) is 3.79. The van der Waals surface area contributed by atoms with Gasteiger partial charge in [-0.25, -0.2) is 14.8 Å². The van der Waals surface area contributed by atoms with Gasteiger partial charge in [0.2, 0.25) is 0 Å². The van der Waals surface area contributed by atoms with Gasteiger partial charge in [-0.2, -0.15) is 13.2 Å². The smallest absolute Gasteiger partial charge is 0.416 e. The fraction of sp³-hybridized carbons (Fsp3) is 0.300. The number of rotatable bonds is 5. The van der Waals surface area contributed by atoms with Crippen LogP contribution in [0, 0.1) is 0 Å². The van der Waals surface area contributed by atoms with Gasteiger partial charge in [-0.05, 0) is 37.3 Å². The SMILES string of the molecule is CCO/N=C(\N)c1ccc(N2CCOC2=O)c(-c2nc3cc(C(F)(F)F)ccc3n2C)n1. The molecule has 0 spiro atoms. The number of ether oxygens (including phenoxy) is 1. The van der Waals surface area contributed by atoms with E-state index in [-0.39, 0.29) is 41.7 Å². The number of hydrogen-bond donors (Lipinski definition) is 1. The van der Waals surface area contributed by atoms with Gasteiger partial charge in [-0.1, -0.05) is 5.16 Å². The average molecular weight is 448 g/mol. The Morgan fingerprint density at radius 2 is 2.06 bits per heavy atom. The van der Waals surface area contributed by atoms with Crippen molar-refractivity contribution < 1.29 is 27.5 Å². The van der Waals surface area contributed by atoms with E-state index < -0.39 is 17.8 Å². The van der Waals surface area contributed by atoms with Gasteiger partial charge in [0.05, 0.1) is 28.8 Å². The van der Waals surface area contributed by atoms with Gasteiger partial charge in [-0.3, -0.25) is 4.90 Å². The van der Waals surface area contributed by atoms with E-state index in [1.165, 1.54) is 11.0 Å². The van der Waals surface area contributed by atoms with Crippen LogP contribution in [0.3, 0.4) is 0 Å². The van der Waals surface area contributed by atoms with Crippen LogP contribution in [0.1, 0.15) is 18.2 Å². The van der Waals surface area contributed by atoms with Gasteiger partial charge in [0.15, 0.2) is 11.7 Å². The van der Waals surface area contributed by atoms with E-state index in [2.05, 4.69) is 15.1 Å². The Morgan fingerprint density at radius 1 is 1.28 bits per heavy atom. The molecule has 32 heavy (non-hydrogen) atoms. The van der Waals surface area contributed by atoms with Crippen LogP contribution in [0.4, 0.5) is 23.7 Å². The highest BCUT2D eigenvalue weighted by molar-refractivity contribution is 5.99. The quantitative estimate of drug-likeness (QED) is 0.365. The molecule has 0 unspecified atom stereocenters. The van der Waals surface area contributed by atoms with Crippen molar-refractivity contribution in [3.63, 3.8) is 0 Å². The Bertz CT molecular complexity index is 1220. The number of aromatic nitrogens is 3. The minimum atomic E-state index is -4.50. The molecule has 4 rings (SSSR count). The summed E-state index contributed by atoms with van der Waals surface area (Å²) in [5, 5.41) is 3.77. The molecule has 0 radical (unpaired) electrons. The summed E-state index contributed by atoms with van der Waals surface area (Å²) in [7, 11) is 1.65. The maximum Gasteiger partial charge on any atom is 0.416 e. The van der Waals surface area contributed by atoms with Gasteiger partial charge in [-0.15, -0.1) is 0 Å². The predicted molar refractivity (Wildman–Crippen MR) is 110 cm³/mol. The second-order valence-corrected chi connectivity index (χ2v) is 6.92. The second kappa shape index (κ2) is 8.02. The molecule has 1 aromatic carbocycles. The molecular weight excluding hydrogens is 429 g/mol. The number of fused-ring (bicyclic) bond motifs is 1. The number of hydrogen-bond acceptors (Lipinski definition) is 6. The fourth-order valence-electron chi connectivity index (χ4n) is 3.36. The lowest BCUT2D eigenvalue weighted by Crippen LogP contribution is -2.25. The van der Waals surface area contributed by atoms with Crippen LogP contribution in [0.2, 0.25) is 0 Å². The highest BCUT2D eigenvalue weighted by Crippen LogP contribution is 2.35. The zero-order chi connectivity index (χ0) is 23.0. The largest absolute Gasteiger partial charge is 0.447 e. The summed E-state index contributed by atoms with van der Waals surface area (Å²) in [6.45, 7) is 2.53. The Morgan fingerprint density at radius 3 is 2.72 bits per heavy atom. The summed E-state index contributed by atoms with van der Waals surface area (Å²) in [5.41, 5.74) is 6.61. The zero-order valence-corrected chi connectivity index (χ0v) is 17.2. The minimum absolute atomic E-state index is 0.00164. The summed E-state index contributed by atoms with van der Waals surface area (Å²) < 4.78 is 46.1. The Hall–Kier alpha value is -3.83. The van der Waals surface area contributed by atoms with Crippen LogP contribution in [0.15, 0.2) is 35.5 Å². The van der Waals surface area contributed by atoms with E-state index in [0.717, 1.165) is 12.1 Å². The van der Waals surface area contributed by atoms with Crippen molar-refractivity contribution in [3.8, 4) is 11.5 Å². The Labute approximate surface area is 180 Å². The van der Waals surface area contributed by atoms with Crippen molar-refractivity contribution in [3.05, 3.63) is 41.6 Å². The predicted octanol–water partition coefficient (Wildman–Crippen LogP) is 3.27. The number of amidine groups is 1. The molecule has 1 aliphatic rings. The topological polar surface area (TPSA) is 108 Å². The number of alkyl halides is 3. The van der Waals surface area contributed by atoms with Gasteiger partial charge < -0.3 is 19.9 Å². The molecule has 0 atom stereocenters. The number of benzene rings is 1. The van der Waals surface area contributed by atoms with Crippen molar-refractivity contribution in [2.24, 2.45) is 17.9 Å². The Kier molecular flexibility index (Phi) is 5.36. The lowest BCUT2D eigenvalue weighted by atomic mass is 10.2. The first-order valence-corrected chi connectivity index (χ1v) is 9.66. The number of halogens is 3. The highest BCUT2D eigenvalue weighted by atomic mass is 19.4. The van der Waals surface area contributed by atoms with E-state index in [4.69, 9.17) is 15.3 Å². The lowest BCUT2D eigenvalue weighted by molar-refractivity contribution is -0.137. The van der Waals surface area contributed by atoms with Gasteiger partial charge >= 0.3 is 12.3 Å². The van der Waals surface area contributed by atoms with E-state index in [0.29, 0.717) is 17.8 Å². The first kappa shape index (κ1) is 21.4. The van der Waals surface area contributed by atoms with Crippen LogP contribution in [-0.2, 0) is 22.8 Å². The summed E-state index contributed by atoms with van der Waals surface area (Å²) >= 11 is 0. The molecule has 1 saturated heterocycles. The molecule has 12 heteroatoms. The van der Waals surface area contributed by atoms with E-state index >= 15 is 0 Å². The molecule has 168 valence electrons. The molecule has 2 aromatic heterocycles. The summed E-state index contributed by atoms with van der Waals surface area (Å²) in [6.07, 6.45) is -5.06. The zero-order valence-electron chi connectivity index (χ0n) is 17.2. The maximum absolute atomic E-state index is 13.2. The number of carbonyl (C=O) groups excluding carboxylic acids is 1. The number of carbonyl (C=O) groups is 1. The molecule has 0 aliphatic carbocycles. The molecule has 0 saturated carbocycles. The first-order chi connectivity index (χ1) is 15.2. The number of nitrogens with zero attached hydrogens (tertiary/aromatic N) is 5. The number of imidazole rings is 1. The minimum Gasteiger partial charge on any atom is -0.447 e. The number of amides is 1. The van der Waals surface area contributed by atoms with Crippen LogP contribution in [0.5, 0.6) is 0 Å². The molecule has 1 aliphatic heterocycles. The number of cyclic esters (lactones) is 1. The van der Waals surface area contributed by atoms with Gasteiger partial charge in [0.25, 0.3) is 0 Å². The van der Waals surface area contributed by atoms with Crippen molar-refractivity contribution in [1.29, 1.82) is 0 Å². The van der Waals surface area contributed by atoms with Crippen molar-refractivity contribution >= 4 is 28.6 Å². The van der Waals surface area contributed by atoms with Crippen molar-refractivity contribution in [2.45, 2.75) is 13.1 Å². The van der Waals surface area contributed by atoms with Crippen LogP contribution < -0.4 is 10.6 Å². The van der Waals surface area contributed by atoms with Crippen molar-refractivity contribution in [1.82, 2.24) is 14.5 Å². The third-order valence-corrected chi connectivity index (χ3v) is 4.90. The molecule has 1 amide bonds. The van der Waals surface area contributed by atoms with Crippen LogP contribution >= 0.6 is 0 Å². The lowest BCUT2D eigenvalue weighted by Gasteiger charge is -2.17. The molecule has 1 fully saturated rings.